The lowest BCUT2D eigenvalue weighted by Crippen LogP contribution is -2.39. The molecule has 6 rings (SSSR count). The Labute approximate surface area is 284 Å². The molecule has 0 atom stereocenters. The van der Waals surface area contributed by atoms with Gasteiger partial charge in [0.05, 0.1) is 13.7 Å². The molecule has 1 N–H and O–H groups in total. The van der Waals surface area contributed by atoms with Crippen molar-refractivity contribution in [2.24, 2.45) is 11.8 Å². The third-order valence-corrected chi connectivity index (χ3v) is 10.6. The second kappa shape index (κ2) is 15.3. The summed E-state index contributed by atoms with van der Waals surface area (Å²) in [4.78, 5) is 33.7. The number of hydrogen-bond acceptors (Lipinski definition) is 9. The number of rotatable bonds is 15. The minimum atomic E-state index is -1.15. The molecule has 2 aliphatic rings. The number of nitrogens with one attached hydrogen (secondary N) is 1. The van der Waals surface area contributed by atoms with Crippen molar-refractivity contribution >= 4 is 19.9 Å². The fraction of sp³-hybridized carbons (Fsp3) is 0.472. The van der Waals surface area contributed by atoms with Gasteiger partial charge in [0.15, 0.2) is 5.82 Å². The van der Waals surface area contributed by atoms with Gasteiger partial charge in [-0.1, -0.05) is 37.8 Å². The summed E-state index contributed by atoms with van der Waals surface area (Å²) in [6.45, 7) is 11.2. The number of anilines is 1. The first kappa shape index (κ1) is 33.6. The Morgan fingerprint density at radius 3 is 2.52 bits per heavy atom. The highest BCUT2D eigenvalue weighted by atomic mass is 28.3. The number of amides is 1. The minimum Gasteiger partial charge on any atom is -0.497 e. The molecule has 3 heterocycles. The number of aromatic nitrogens is 5. The standard InChI is InChI=1S/C36H47N7O4Si/c1-45-31-19-30(20-32(21-31)47-23-27-8-9-27)35(44)38-22-26-10-13-42(14-11-26)36-40-24-39-33(41-36)28-6-5-7-29(18-28)34-37-12-15-43(34)25-46-16-17-48(2,3)4/h5-7,12,15,18-21,24,26-27H,8-11,13-14,16-17,22-23,25H2,1-4H3,(H,38,44). The first-order valence-corrected chi connectivity index (χ1v) is 20.7. The van der Waals surface area contributed by atoms with Crippen molar-refractivity contribution in [3.05, 3.63) is 66.7 Å². The van der Waals surface area contributed by atoms with Gasteiger partial charge in [-0.2, -0.15) is 4.98 Å². The summed E-state index contributed by atoms with van der Waals surface area (Å²) >= 11 is 0. The molecule has 1 saturated carbocycles. The Morgan fingerprint density at radius 2 is 1.75 bits per heavy atom. The van der Waals surface area contributed by atoms with Crippen LogP contribution in [0.1, 0.15) is 36.0 Å². The lowest BCUT2D eigenvalue weighted by atomic mass is 9.97. The summed E-state index contributed by atoms with van der Waals surface area (Å²) in [7, 11) is 0.458. The predicted molar refractivity (Wildman–Crippen MR) is 189 cm³/mol. The van der Waals surface area contributed by atoms with Crippen molar-refractivity contribution in [3.8, 4) is 34.3 Å². The van der Waals surface area contributed by atoms with E-state index in [-0.39, 0.29) is 5.91 Å². The topological polar surface area (TPSA) is 117 Å². The third-order valence-electron chi connectivity index (χ3n) is 8.89. The van der Waals surface area contributed by atoms with Gasteiger partial charge in [0.1, 0.15) is 30.4 Å². The SMILES string of the molecule is COc1cc(OCC2CC2)cc(C(=O)NCC2CCN(c3ncnc(-c4cccc(-c5nccn5COCC[Si](C)(C)C)c4)n3)CC2)c1. The van der Waals surface area contributed by atoms with Crippen molar-refractivity contribution in [1.29, 1.82) is 0 Å². The van der Waals surface area contributed by atoms with E-state index in [0.29, 0.717) is 60.6 Å². The van der Waals surface area contributed by atoms with E-state index in [2.05, 4.69) is 50.9 Å². The number of imidazole rings is 1. The van der Waals surface area contributed by atoms with Crippen molar-refractivity contribution in [3.63, 3.8) is 0 Å². The normalized spacial score (nSPS) is 15.4. The number of benzene rings is 2. The fourth-order valence-electron chi connectivity index (χ4n) is 5.67. The molecule has 2 aromatic carbocycles. The summed E-state index contributed by atoms with van der Waals surface area (Å²) < 4.78 is 19.3. The lowest BCUT2D eigenvalue weighted by Gasteiger charge is -2.32. The summed E-state index contributed by atoms with van der Waals surface area (Å²) in [5.74, 6) is 4.31. The second-order valence-electron chi connectivity index (χ2n) is 14.1. The molecule has 2 aromatic heterocycles. The van der Waals surface area contributed by atoms with Crippen molar-refractivity contribution < 1.29 is 19.0 Å². The zero-order valence-electron chi connectivity index (χ0n) is 28.5. The number of methoxy groups -OCH3 is 1. The number of piperidine rings is 1. The summed E-state index contributed by atoms with van der Waals surface area (Å²) in [5, 5.41) is 3.13. The Kier molecular flexibility index (Phi) is 10.7. The molecular weight excluding hydrogens is 623 g/mol. The molecule has 0 radical (unpaired) electrons. The average molecular weight is 670 g/mol. The first-order valence-electron chi connectivity index (χ1n) is 17.0. The quantitative estimate of drug-likeness (QED) is 0.117. The van der Waals surface area contributed by atoms with Crippen LogP contribution in [0.25, 0.3) is 22.8 Å². The molecule has 0 bridgehead atoms. The van der Waals surface area contributed by atoms with Gasteiger partial charge in [0, 0.05) is 69.5 Å². The van der Waals surface area contributed by atoms with Crippen LogP contribution in [0.4, 0.5) is 5.95 Å². The molecule has 12 heteroatoms. The molecule has 4 aromatic rings. The van der Waals surface area contributed by atoms with Crippen LogP contribution in [0, 0.1) is 11.8 Å². The molecular formula is C36H47N7O4Si. The van der Waals surface area contributed by atoms with Crippen LogP contribution in [0.3, 0.4) is 0 Å². The van der Waals surface area contributed by atoms with Crippen LogP contribution in [0.2, 0.25) is 25.7 Å². The summed E-state index contributed by atoms with van der Waals surface area (Å²) in [5.41, 5.74) is 2.43. The summed E-state index contributed by atoms with van der Waals surface area (Å²) in [6.07, 6.45) is 9.61. The zero-order chi connectivity index (χ0) is 33.5. The van der Waals surface area contributed by atoms with Crippen LogP contribution < -0.4 is 19.7 Å². The summed E-state index contributed by atoms with van der Waals surface area (Å²) in [6, 6.07) is 14.7. The predicted octanol–water partition coefficient (Wildman–Crippen LogP) is 6.16. The molecule has 1 saturated heterocycles. The van der Waals surface area contributed by atoms with E-state index < -0.39 is 8.07 Å². The van der Waals surface area contributed by atoms with E-state index in [9.17, 15) is 4.79 Å². The second-order valence-corrected chi connectivity index (χ2v) is 19.7. The van der Waals surface area contributed by atoms with Crippen LogP contribution in [-0.2, 0) is 11.5 Å². The van der Waals surface area contributed by atoms with Gasteiger partial charge in [-0.3, -0.25) is 4.79 Å². The number of ether oxygens (including phenoxy) is 3. The molecule has 254 valence electrons. The zero-order valence-corrected chi connectivity index (χ0v) is 29.5. The van der Waals surface area contributed by atoms with Gasteiger partial charge < -0.3 is 29.0 Å². The lowest BCUT2D eigenvalue weighted by molar-refractivity contribution is 0.0882. The molecule has 1 aliphatic heterocycles. The van der Waals surface area contributed by atoms with Crippen molar-refractivity contribution in [2.75, 3.05) is 44.9 Å². The minimum absolute atomic E-state index is 0.117. The molecule has 1 amide bonds. The van der Waals surface area contributed by atoms with Gasteiger partial charge >= 0.3 is 0 Å². The van der Waals surface area contributed by atoms with Crippen molar-refractivity contribution in [1.82, 2.24) is 29.8 Å². The van der Waals surface area contributed by atoms with Gasteiger partial charge in [-0.15, -0.1) is 0 Å². The smallest absolute Gasteiger partial charge is 0.251 e. The van der Waals surface area contributed by atoms with E-state index in [0.717, 1.165) is 55.5 Å². The van der Waals surface area contributed by atoms with Crippen LogP contribution in [0.5, 0.6) is 11.5 Å². The van der Waals surface area contributed by atoms with E-state index in [1.165, 1.54) is 12.8 Å². The largest absolute Gasteiger partial charge is 0.497 e. The number of nitrogens with zero attached hydrogens (tertiary/aromatic N) is 6. The first-order chi connectivity index (χ1) is 23.2. The highest BCUT2D eigenvalue weighted by Crippen LogP contribution is 2.31. The maximum absolute atomic E-state index is 13.1. The Balaban J connectivity index is 1.02. The Morgan fingerprint density at radius 1 is 0.958 bits per heavy atom. The van der Waals surface area contributed by atoms with Crippen LogP contribution in [0.15, 0.2) is 61.2 Å². The van der Waals surface area contributed by atoms with E-state index in [1.807, 2.05) is 35.0 Å². The Hall–Kier alpha value is -4.29. The Bertz CT molecular complexity index is 1680. The number of carbonyl (C=O) groups excluding carboxylic acids is 1. The average Bonchev–Trinajstić information content (AvgIpc) is 3.82. The number of carbonyl (C=O) groups is 1. The molecule has 2 fully saturated rings. The highest BCUT2D eigenvalue weighted by molar-refractivity contribution is 6.76. The molecule has 1 aliphatic carbocycles. The maximum atomic E-state index is 13.1. The van der Waals surface area contributed by atoms with Crippen LogP contribution >= 0.6 is 0 Å². The molecule has 0 spiro atoms. The number of hydrogen-bond donors (Lipinski definition) is 1. The van der Waals surface area contributed by atoms with E-state index in [1.54, 1.807) is 31.8 Å². The van der Waals surface area contributed by atoms with Gasteiger partial charge in [-0.05, 0) is 61.8 Å². The van der Waals surface area contributed by atoms with E-state index in [4.69, 9.17) is 19.2 Å². The molecule has 48 heavy (non-hydrogen) atoms. The highest BCUT2D eigenvalue weighted by Gasteiger charge is 2.24. The van der Waals surface area contributed by atoms with E-state index >= 15 is 0 Å². The van der Waals surface area contributed by atoms with Gasteiger partial charge in [-0.25, -0.2) is 15.0 Å². The maximum Gasteiger partial charge on any atom is 0.251 e. The van der Waals surface area contributed by atoms with Gasteiger partial charge in [0.2, 0.25) is 5.95 Å². The monoisotopic (exact) mass is 669 g/mol. The van der Waals surface area contributed by atoms with Gasteiger partial charge in [0.25, 0.3) is 5.91 Å². The van der Waals surface area contributed by atoms with Crippen molar-refractivity contribution in [2.45, 2.75) is 58.1 Å². The fourth-order valence-corrected chi connectivity index (χ4v) is 6.43. The third kappa shape index (κ3) is 9.19. The molecule has 0 unspecified atom stereocenters. The molecule has 11 nitrogen and oxygen atoms in total. The van der Waals surface area contributed by atoms with Crippen LogP contribution in [-0.4, -0.2) is 78.4 Å².